The van der Waals surface area contributed by atoms with E-state index in [1.165, 1.54) is 6.92 Å². The summed E-state index contributed by atoms with van der Waals surface area (Å²) < 4.78 is 22.7. The number of carboxylic acids is 1. The molecule has 1 heterocycles. The first kappa shape index (κ1) is 16.6. The van der Waals surface area contributed by atoms with Crippen LogP contribution in [0.2, 0.25) is 0 Å². The lowest BCUT2D eigenvalue weighted by atomic mass is 10.1. The summed E-state index contributed by atoms with van der Waals surface area (Å²) in [5, 5.41) is 11.8. The topological polar surface area (TPSA) is 101 Å². The molecule has 20 heavy (non-hydrogen) atoms. The summed E-state index contributed by atoms with van der Waals surface area (Å²) in [6.07, 6.45) is 0.535. The van der Waals surface area contributed by atoms with Crippen LogP contribution in [0, 0.1) is 6.92 Å². The third-order valence-electron chi connectivity index (χ3n) is 2.82. The number of carbonyl (C=O) groups excluding carboxylic acids is 1. The van der Waals surface area contributed by atoms with Crippen LogP contribution in [-0.2, 0) is 21.1 Å². The number of carbonyl (C=O) groups is 2. The second-order valence-corrected chi connectivity index (χ2v) is 7.80. The van der Waals surface area contributed by atoms with Gasteiger partial charge in [0.1, 0.15) is 10.8 Å². The Morgan fingerprint density at radius 3 is 2.35 bits per heavy atom. The molecule has 112 valence electrons. The van der Waals surface area contributed by atoms with Gasteiger partial charge in [-0.15, -0.1) is 11.3 Å². The van der Waals surface area contributed by atoms with Crippen molar-refractivity contribution in [2.75, 3.05) is 16.8 Å². The smallest absolute Gasteiger partial charge is 0.339 e. The van der Waals surface area contributed by atoms with Crippen molar-refractivity contribution in [1.82, 2.24) is 0 Å². The molecule has 1 amide bonds. The van der Waals surface area contributed by atoms with Crippen LogP contribution < -0.4 is 5.32 Å². The van der Waals surface area contributed by atoms with E-state index in [1.807, 2.05) is 6.92 Å². The van der Waals surface area contributed by atoms with Crippen LogP contribution in [0.5, 0.6) is 0 Å². The van der Waals surface area contributed by atoms with E-state index in [4.69, 9.17) is 0 Å². The quantitative estimate of drug-likeness (QED) is 0.831. The van der Waals surface area contributed by atoms with Crippen molar-refractivity contribution in [1.29, 1.82) is 0 Å². The number of rotatable bonds is 6. The molecule has 0 aliphatic rings. The zero-order valence-electron chi connectivity index (χ0n) is 11.5. The van der Waals surface area contributed by atoms with Crippen LogP contribution in [0.4, 0.5) is 5.00 Å². The molecular weight excluding hydrogens is 302 g/mol. The van der Waals surface area contributed by atoms with Crippen LogP contribution in [0.15, 0.2) is 0 Å². The Morgan fingerprint density at radius 1 is 1.30 bits per heavy atom. The number of carboxylic acid groups (broad SMARTS) is 1. The monoisotopic (exact) mass is 319 g/mol. The Kier molecular flexibility index (Phi) is 5.29. The minimum Gasteiger partial charge on any atom is -0.478 e. The lowest BCUT2D eigenvalue weighted by Gasteiger charge is -2.05. The first-order chi connectivity index (χ1) is 9.21. The summed E-state index contributed by atoms with van der Waals surface area (Å²) in [5.74, 6) is -2.60. The van der Waals surface area contributed by atoms with Gasteiger partial charge in [0.2, 0.25) is 5.91 Å². The molecule has 1 aromatic rings. The summed E-state index contributed by atoms with van der Waals surface area (Å²) in [6, 6.07) is 0. The van der Waals surface area contributed by atoms with E-state index >= 15 is 0 Å². The molecule has 8 heteroatoms. The predicted molar refractivity (Wildman–Crippen MR) is 78.4 cm³/mol. The standard InChI is InChI=1S/C12H17NO5S2/c1-4-8-7(3)19-11(10(8)12(15)16)13-9(14)6-20(17,18)5-2/h4-6H2,1-3H3,(H,13,14)(H,15,16). The second kappa shape index (κ2) is 6.36. The molecule has 0 bridgehead atoms. The first-order valence-corrected chi connectivity index (χ1v) is 8.71. The highest BCUT2D eigenvalue weighted by Gasteiger charge is 2.23. The predicted octanol–water partition coefficient (Wildman–Crippen LogP) is 1.69. The van der Waals surface area contributed by atoms with E-state index in [-0.39, 0.29) is 16.3 Å². The van der Waals surface area contributed by atoms with Crippen molar-refractivity contribution in [3.63, 3.8) is 0 Å². The number of anilines is 1. The van der Waals surface area contributed by atoms with Crippen LogP contribution >= 0.6 is 11.3 Å². The molecule has 0 atom stereocenters. The van der Waals surface area contributed by atoms with Crippen molar-refractivity contribution in [2.24, 2.45) is 0 Å². The average molecular weight is 319 g/mol. The van der Waals surface area contributed by atoms with Gasteiger partial charge in [0, 0.05) is 10.6 Å². The molecule has 6 nitrogen and oxygen atoms in total. The molecule has 2 N–H and O–H groups in total. The lowest BCUT2D eigenvalue weighted by molar-refractivity contribution is -0.113. The van der Waals surface area contributed by atoms with E-state index in [2.05, 4.69) is 5.32 Å². The zero-order chi connectivity index (χ0) is 15.5. The van der Waals surface area contributed by atoms with E-state index in [1.54, 1.807) is 6.92 Å². The maximum Gasteiger partial charge on any atom is 0.339 e. The Morgan fingerprint density at radius 2 is 1.90 bits per heavy atom. The Balaban J connectivity index is 3.04. The number of hydrogen-bond donors (Lipinski definition) is 2. The van der Waals surface area contributed by atoms with Crippen molar-refractivity contribution in [3.05, 3.63) is 16.0 Å². The summed E-state index contributed by atoms with van der Waals surface area (Å²) in [7, 11) is -3.44. The van der Waals surface area contributed by atoms with Crippen molar-refractivity contribution < 1.29 is 23.1 Å². The van der Waals surface area contributed by atoms with E-state index in [9.17, 15) is 23.1 Å². The van der Waals surface area contributed by atoms with Gasteiger partial charge in [0.25, 0.3) is 0 Å². The summed E-state index contributed by atoms with van der Waals surface area (Å²) in [5.41, 5.74) is 0.716. The maximum absolute atomic E-state index is 11.7. The number of aryl methyl sites for hydroxylation is 1. The Hall–Kier alpha value is -1.41. The highest BCUT2D eigenvalue weighted by atomic mass is 32.2. The molecule has 0 aliphatic heterocycles. The van der Waals surface area contributed by atoms with Gasteiger partial charge in [-0.25, -0.2) is 13.2 Å². The molecule has 1 rings (SSSR count). The zero-order valence-corrected chi connectivity index (χ0v) is 13.2. The van der Waals surface area contributed by atoms with E-state index < -0.39 is 27.5 Å². The molecule has 1 aromatic heterocycles. The molecule has 0 unspecified atom stereocenters. The Labute approximate surface area is 121 Å². The van der Waals surface area contributed by atoms with Gasteiger partial charge in [0.15, 0.2) is 9.84 Å². The van der Waals surface area contributed by atoms with E-state index in [0.29, 0.717) is 12.0 Å². The number of amides is 1. The van der Waals surface area contributed by atoms with Crippen molar-refractivity contribution >= 4 is 38.1 Å². The number of sulfone groups is 1. The average Bonchev–Trinajstić information content (AvgIpc) is 2.64. The third kappa shape index (κ3) is 3.80. The molecule has 0 saturated heterocycles. The van der Waals surface area contributed by atoms with Crippen molar-refractivity contribution in [3.8, 4) is 0 Å². The second-order valence-electron chi connectivity index (χ2n) is 4.22. The summed E-state index contributed by atoms with van der Waals surface area (Å²) in [6.45, 7) is 5.05. The van der Waals surface area contributed by atoms with E-state index in [0.717, 1.165) is 16.2 Å². The molecule has 0 spiro atoms. The number of hydrogen-bond acceptors (Lipinski definition) is 5. The SMILES string of the molecule is CCc1c(C)sc(NC(=O)CS(=O)(=O)CC)c1C(=O)O. The van der Waals surface area contributed by atoms with Crippen LogP contribution in [0.3, 0.4) is 0 Å². The first-order valence-electron chi connectivity index (χ1n) is 6.07. The summed E-state index contributed by atoms with van der Waals surface area (Å²) in [4.78, 5) is 23.8. The van der Waals surface area contributed by atoms with Gasteiger partial charge in [-0.1, -0.05) is 13.8 Å². The highest BCUT2D eigenvalue weighted by Crippen LogP contribution is 2.33. The molecule has 0 saturated carbocycles. The van der Waals surface area contributed by atoms with Gasteiger partial charge in [0.05, 0.1) is 5.56 Å². The number of aromatic carboxylic acids is 1. The fourth-order valence-corrected chi connectivity index (χ4v) is 3.61. The molecule has 0 aliphatic carbocycles. The van der Waals surface area contributed by atoms with Crippen LogP contribution in [-0.4, -0.2) is 36.9 Å². The van der Waals surface area contributed by atoms with Crippen LogP contribution in [0.25, 0.3) is 0 Å². The van der Waals surface area contributed by atoms with Gasteiger partial charge in [-0.2, -0.15) is 0 Å². The minimum absolute atomic E-state index is 0.0530. The molecular formula is C12H17NO5S2. The lowest BCUT2D eigenvalue weighted by Crippen LogP contribution is -2.24. The van der Waals surface area contributed by atoms with Crippen molar-refractivity contribution in [2.45, 2.75) is 27.2 Å². The Bertz CT molecular complexity index is 631. The molecule has 0 aromatic carbocycles. The van der Waals surface area contributed by atoms with Gasteiger partial charge < -0.3 is 10.4 Å². The number of thiophene rings is 1. The molecule has 0 radical (unpaired) electrons. The van der Waals surface area contributed by atoms with Crippen LogP contribution in [0.1, 0.15) is 34.6 Å². The van der Waals surface area contributed by atoms with Gasteiger partial charge in [-0.3, -0.25) is 4.79 Å². The minimum atomic E-state index is -3.44. The third-order valence-corrected chi connectivity index (χ3v) is 5.46. The fourth-order valence-electron chi connectivity index (χ4n) is 1.78. The largest absolute Gasteiger partial charge is 0.478 e. The number of nitrogens with one attached hydrogen (secondary N) is 1. The normalized spacial score (nSPS) is 11.3. The molecule has 0 fully saturated rings. The fraction of sp³-hybridized carbons (Fsp3) is 0.500. The maximum atomic E-state index is 11.7. The van der Waals surface area contributed by atoms with Gasteiger partial charge >= 0.3 is 5.97 Å². The highest BCUT2D eigenvalue weighted by molar-refractivity contribution is 7.92. The van der Waals surface area contributed by atoms with Gasteiger partial charge in [-0.05, 0) is 18.9 Å². The summed E-state index contributed by atoms with van der Waals surface area (Å²) >= 11 is 1.15.